The summed E-state index contributed by atoms with van der Waals surface area (Å²) in [5, 5.41) is 22.4. The zero-order valence-electron chi connectivity index (χ0n) is 33.5. The van der Waals surface area contributed by atoms with Crippen LogP contribution in [0.1, 0.15) is 128 Å². The molecule has 0 aromatic heterocycles. The van der Waals surface area contributed by atoms with Crippen molar-refractivity contribution in [2.24, 2.45) is 0 Å². The summed E-state index contributed by atoms with van der Waals surface area (Å²) in [4.78, 5) is -0.869. The molecule has 0 aliphatic rings. The largest absolute Gasteiger partial charge is 2.00 e. The monoisotopic (exact) mass is 850 g/mol. The fourth-order valence-corrected chi connectivity index (χ4v) is 8.18. The van der Waals surface area contributed by atoms with E-state index in [9.17, 15) is 36.2 Å². The Morgan fingerprint density at radius 1 is 0.526 bits per heavy atom. The molecule has 0 bridgehead atoms. The van der Waals surface area contributed by atoms with Gasteiger partial charge in [-0.05, 0) is 67.1 Å². The summed E-state index contributed by atoms with van der Waals surface area (Å²) in [5.41, 5.74) is 0.809. The average Bonchev–Trinajstić information content (AvgIpc) is 3.16. The summed E-state index contributed by atoms with van der Waals surface area (Å²) in [5.74, 6) is -0.876. The third kappa shape index (κ3) is 18.3. The van der Waals surface area contributed by atoms with E-state index < -0.39 is 36.6 Å². The van der Waals surface area contributed by atoms with Gasteiger partial charge in [0.25, 0.3) is 10.1 Å². The van der Waals surface area contributed by atoms with Gasteiger partial charge in [0.2, 0.25) is 0 Å². The zero-order chi connectivity index (χ0) is 40.8. The van der Waals surface area contributed by atoms with E-state index in [1.807, 2.05) is 0 Å². The van der Waals surface area contributed by atoms with Gasteiger partial charge in [-0.25, -0.2) is 8.42 Å². The Bertz CT molecular complexity index is 1810. The van der Waals surface area contributed by atoms with E-state index in [1.165, 1.54) is 82.1 Å². The summed E-state index contributed by atoms with van der Waals surface area (Å²) in [6.45, 7) is 4.38. The Morgan fingerprint density at radius 3 is 1.33 bits per heavy atom. The molecule has 0 unspecified atom stereocenters. The predicted octanol–water partition coefficient (Wildman–Crippen LogP) is 10.9. The quantitative estimate of drug-likeness (QED) is 0.0392. The minimum absolute atomic E-state index is 0. The summed E-state index contributed by atoms with van der Waals surface area (Å²) >= 11 is 0. The van der Waals surface area contributed by atoms with Crippen molar-refractivity contribution in [2.75, 3.05) is 0 Å². The van der Waals surface area contributed by atoms with E-state index in [4.69, 9.17) is 9.47 Å². The predicted molar refractivity (Wildman–Crippen MR) is 223 cm³/mol. The van der Waals surface area contributed by atoms with Crippen LogP contribution in [0.2, 0.25) is 0 Å². The average molecular weight is 851 g/mol. The van der Waals surface area contributed by atoms with Gasteiger partial charge in [0.15, 0.2) is 11.5 Å². The van der Waals surface area contributed by atoms with Gasteiger partial charge in [0, 0.05) is 0 Å². The Hall–Kier alpha value is -2.84. The number of hydrogen-bond acceptors (Lipinski definition) is 9. The Labute approximate surface area is 370 Å². The first-order valence-electron chi connectivity index (χ1n) is 19.9. The molecular weight excluding hydrogens is 793 g/mol. The van der Waals surface area contributed by atoms with Crippen LogP contribution < -0.4 is 14.6 Å². The second kappa shape index (κ2) is 27.0. The molecule has 4 aromatic carbocycles. The van der Waals surface area contributed by atoms with E-state index in [0.717, 1.165) is 44.9 Å². The third-order valence-electron chi connectivity index (χ3n) is 9.36. The van der Waals surface area contributed by atoms with Crippen LogP contribution in [0.4, 0.5) is 0 Å². The van der Waals surface area contributed by atoms with Crippen LogP contribution in [0, 0.1) is 0 Å². The van der Waals surface area contributed by atoms with Crippen molar-refractivity contribution in [1.82, 2.24) is 0 Å². The van der Waals surface area contributed by atoms with Gasteiger partial charge in [-0.3, -0.25) is 4.55 Å². The molecule has 0 fully saturated rings. The van der Waals surface area contributed by atoms with Crippen LogP contribution >= 0.6 is 0 Å². The molecule has 57 heavy (non-hydrogen) atoms. The summed E-state index contributed by atoms with van der Waals surface area (Å²) in [6, 6.07) is 22.6. The number of ether oxygens (including phenoxy) is 2. The van der Waals surface area contributed by atoms with Gasteiger partial charge in [-0.2, -0.15) is 8.42 Å². The molecule has 0 heterocycles. The first-order chi connectivity index (χ1) is 26.9. The number of hydrogen-bond donors (Lipinski definition) is 2. The van der Waals surface area contributed by atoms with Crippen LogP contribution in [-0.4, -0.2) is 68.8 Å². The molecule has 0 aliphatic carbocycles. The van der Waals surface area contributed by atoms with E-state index in [1.54, 1.807) is 60.7 Å². The molecule has 0 spiro atoms. The number of phenolic OH excluding ortho intramolecular Hbond substituents is 1. The van der Waals surface area contributed by atoms with E-state index >= 15 is 0 Å². The molecule has 4 aromatic rings. The molecule has 13 heteroatoms. The third-order valence-corrected chi connectivity index (χ3v) is 11.3. The van der Waals surface area contributed by atoms with Crippen molar-refractivity contribution >= 4 is 58.0 Å². The molecular formula is C44H58CaO10S2. The van der Waals surface area contributed by atoms with E-state index in [2.05, 4.69) is 13.8 Å². The molecule has 0 atom stereocenters. The van der Waals surface area contributed by atoms with Crippen molar-refractivity contribution in [2.45, 2.75) is 139 Å². The Balaban J connectivity index is 0.000000387. The number of aromatic hydroxyl groups is 1. The molecule has 0 saturated carbocycles. The van der Waals surface area contributed by atoms with Crippen molar-refractivity contribution in [3.63, 3.8) is 0 Å². The van der Waals surface area contributed by atoms with Gasteiger partial charge >= 0.3 is 37.7 Å². The van der Waals surface area contributed by atoms with Gasteiger partial charge < -0.3 is 24.2 Å². The van der Waals surface area contributed by atoms with Crippen molar-refractivity contribution in [3.05, 3.63) is 96.1 Å². The number of aryl methyl sites for hydroxylation is 2. The number of unbranched alkanes of at least 4 members (excludes halogenated alkanes) is 14. The molecule has 0 radical (unpaired) electrons. The fraction of sp³-hybridized carbons (Fsp3) is 0.455. The fourth-order valence-electron chi connectivity index (χ4n) is 6.44. The first-order valence-corrected chi connectivity index (χ1v) is 22.8. The first kappa shape index (κ1) is 50.3. The van der Waals surface area contributed by atoms with Gasteiger partial charge in [0.05, 0.1) is 4.90 Å². The number of phenols is 1. The number of benzene rings is 4. The smallest absolute Gasteiger partial charge is 0.870 e. The molecule has 10 nitrogen and oxygen atoms in total. The van der Waals surface area contributed by atoms with E-state index in [0.29, 0.717) is 35.5 Å². The van der Waals surface area contributed by atoms with Crippen LogP contribution in [-0.2, 0) is 33.1 Å². The van der Waals surface area contributed by atoms with Crippen LogP contribution in [0.25, 0.3) is 0 Å². The molecule has 0 saturated heterocycles. The van der Waals surface area contributed by atoms with Gasteiger partial charge in [-0.1, -0.05) is 164 Å². The summed E-state index contributed by atoms with van der Waals surface area (Å²) < 4.78 is 80.5. The van der Waals surface area contributed by atoms with Crippen molar-refractivity contribution in [1.29, 1.82) is 0 Å². The zero-order valence-corrected chi connectivity index (χ0v) is 37.3. The van der Waals surface area contributed by atoms with Crippen LogP contribution in [0.3, 0.4) is 0 Å². The standard InChI is InChI=1S/2C22H30O5S.Ca/c2*1-2-3-4-5-6-7-8-10-13-18-16-17-20(23)21(22(18)28(24,25)26)27-19-14-11-9-12-15-19;/h2*9,11-12,14-17,23H,2-8,10,13H2,1H3,(H,24,25,26);/q;;+2/p-2. The molecule has 308 valence electrons. The molecule has 0 aliphatic heterocycles. The maximum atomic E-state index is 12.2. The SMILES string of the molecule is CCCCCCCCCCc1ccc(O)c(Oc2ccccc2)c1S(=O)(=O)O.CCCCCCCCCCc1ccc([O-])c(Oc2ccccc2)c1S(=O)(=O)[O-].[Ca+2]. The minimum atomic E-state index is -4.84. The topological polar surface area (TPSA) is 173 Å². The van der Waals surface area contributed by atoms with Crippen molar-refractivity contribution in [3.8, 4) is 34.5 Å². The van der Waals surface area contributed by atoms with E-state index in [-0.39, 0.29) is 54.1 Å². The molecule has 0 amide bonds. The normalized spacial score (nSPS) is 11.3. The number of rotatable bonds is 24. The molecule has 4 rings (SSSR count). The summed E-state index contributed by atoms with van der Waals surface area (Å²) in [7, 11) is -9.39. The van der Waals surface area contributed by atoms with Gasteiger partial charge in [0.1, 0.15) is 32.3 Å². The summed E-state index contributed by atoms with van der Waals surface area (Å²) in [6.07, 6.45) is 18.9. The molecule has 2 N–H and O–H groups in total. The second-order valence-electron chi connectivity index (χ2n) is 14.0. The van der Waals surface area contributed by atoms with Crippen LogP contribution in [0.15, 0.2) is 94.7 Å². The Morgan fingerprint density at radius 2 is 0.912 bits per heavy atom. The minimum Gasteiger partial charge on any atom is -0.870 e. The Kier molecular flexibility index (Phi) is 23.8. The second-order valence-corrected chi connectivity index (χ2v) is 16.7. The maximum Gasteiger partial charge on any atom is 2.00 e. The van der Waals surface area contributed by atoms with Crippen molar-refractivity contribution < 1.29 is 45.6 Å². The number of para-hydroxylation sites is 2. The van der Waals surface area contributed by atoms with Crippen LogP contribution in [0.5, 0.6) is 34.5 Å². The van der Waals surface area contributed by atoms with Gasteiger partial charge in [-0.15, -0.1) is 0 Å². The maximum absolute atomic E-state index is 12.2.